The first-order chi connectivity index (χ1) is 11.8. The number of ether oxygens (including phenoxy) is 1. The van der Waals surface area contributed by atoms with Crippen LogP contribution in [0, 0.1) is 15.9 Å². The third kappa shape index (κ3) is 4.41. The van der Waals surface area contributed by atoms with Crippen LogP contribution in [0.3, 0.4) is 0 Å². The Kier molecular flexibility index (Phi) is 5.12. The second kappa shape index (κ2) is 7.25. The number of benzene rings is 2. The quantitative estimate of drug-likeness (QED) is 0.245. The van der Waals surface area contributed by atoms with Crippen LogP contribution < -0.4 is 11.1 Å². The summed E-state index contributed by atoms with van der Waals surface area (Å²) in [6.45, 7) is -0.709. The number of aromatic hydroxyl groups is 1. The molecule has 0 saturated carbocycles. The first-order valence-electron chi connectivity index (χ1n) is 6.77. The number of nitro groups is 1. The molecule has 0 atom stereocenters. The van der Waals surface area contributed by atoms with Crippen LogP contribution in [0.15, 0.2) is 36.4 Å². The Morgan fingerprint density at radius 3 is 2.68 bits per heavy atom. The van der Waals surface area contributed by atoms with Gasteiger partial charge in [0.05, 0.1) is 10.5 Å². The van der Waals surface area contributed by atoms with Crippen LogP contribution >= 0.6 is 0 Å². The summed E-state index contributed by atoms with van der Waals surface area (Å²) in [6.07, 6.45) is 0. The molecular weight excluding hydrogens is 337 g/mol. The molecule has 10 heteroatoms. The number of amides is 1. The van der Waals surface area contributed by atoms with E-state index in [4.69, 9.17) is 10.5 Å². The first kappa shape index (κ1) is 17.7. The van der Waals surface area contributed by atoms with Gasteiger partial charge in [0, 0.05) is 17.4 Å². The predicted molar refractivity (Wildman–Crippen MR) is 84.5 cm³/mol. The molecule has 0 heterocycles. The maximum Gasteiger partial charge on any atom is 0.340 e. The minimum atomic E-state index is -1.05. The third-order valence-electron chi connectivity index (χ3n) is 3.02. The summed E-state index contributed by atoms with van der Waals surface area (Å²) in [4.78, 5) is 33.3. The number of hydrogen-bond donors (Lipinski definition) is 3. The van der Waals surface area contributed by atoms with E-state index in [-0.39, 0.29) is 22.7 Å². The van der Waals surface area contributed by atoms with Gasteiger partial charge in [-0.25, -0.2) is 4.79 Å². The smallest absolute Gasteiger partial charge is 0.340 e. The number of nitrogens with one attached hydrogen (secondary N) is 1. The van der Waals surface area contributed by atoms with Crippen molar-refractivity contribution in [3.05, 3.63) is 57.9 Å². The molecule has 130 valence electrons. The SMILES string of the molecule is Nc1ccc(O)cc1C(=O)OCC(=O)Nc1ccc(F)c([N+](=O)[O-])c1. The number of nitrogens with zero attached hydrogens (tertiary/aromatic N) is 1. The Bertz CT molecular complexity index is 855. The van der Waals surface area contributed by atoms with Crippen LogP contribution in [-0.2, 0) is 9.53 Å². The summed E-state index contributed by atoms with van der Waals surface area (Å²) >= 11 is 0. The molecule has 0 spiro atoms. The molecule has 4 N–H and O–H groups in total. The molecule has 25 heavy (non-hydrogen) atoms. The fourth-order valence-electron chi connectivity index (χ4n) is 1.86. The van der Waals surface area contributed by atoms with Crippen molar-refractivity contribution in [3.8, 4) is 5.75 Å². The zero-order valence-electron chi connectivity index (χ0n) is 12.6. The molecule has 0 aliphatic rings. The Morgan fingerprint density at radius 2 is 2.00 bits per heavy atom. The van der Waals surface area contributed by atoms with E-state index in [0.29, 0.717) is 0 Å². The number of phenols is 1. The van der Waals surface area contributed by atoms with Crippen molar-refractivity contribution in [2.45, 2.75) is 0 Å². The number of carbonyl (C=O) groups excluding carboxylic acids is 2. The Morgan fingerprint density at radius 1 is 1.28 bits per heavy atom. The fourth-order valence-corrected chi connectivity index (χ4v) is 1.86. The fraction of sp³-hybridized carbons (Fsp3) is 0.0667. The number of hydrogen-bond acceptors (Lipinski definition) is 7. The maximum absolute atomic E-state index is 13.2. The molecule has 9 nitrogen and oxygen atoms in total. The van der Waals surface area contributed by atoms with Gasteiger partial charge < -0.3 is 20.9 Å². The normalized spacial score (nSPS) is 10.1. The van der Waals surface area contributed by atoms with E-state index >= 15 is 0 Å². The number of phenolic OH excluding ortho intramolecular Hbond substituents is 1. The third-order valence-corrected chi connectivity index (χ3v) is 3.02. The van der Waals surface area contributed by atoms with E-state index in [1.54, 1.807) is 0 Å². The summed E-state index contributed by atoms with van der Waals surface area (Å²) in [5.41, 5.74) is 4.66. The zero-order valence-corrected chi connectivity index (χ0v) is 12.6. The lowest BCUT2D eigenvalue weighted by atomic mass is 10.2. The van der Waals surface area contributed by atoms with Crippen LogP contribution in [0.25, 0.3) is 0 Å². The number of nitro benzene ring substituents is 1. The average Bonchev–Trinajstić information content (AvgIpc) is 2.56. The van der Waals surface area contributed by atoms with Crippen LogP contribution in [0.4, 0.5) is 21.5 Å². The van der Waals surface area contributed by atoms with Gasteiger partial charge >= 0.3 is 11.7 Å². The predicted octanol–water partition coefficient (Wildman–Crippen LogP) is 1.82. The van der Waals surface area contributed by atoms with Crippen LogP contribution in [0.5, 0.6) is 5.75 Å². The number of nitrogens with two attached hydrogens (primary N) is 1. The Balaban J connectivity index is 1.99. The Labute approximate surface area is 140 Å². The summed E-state index contributed by atoms with van der Waals surface area (Å²) in [6, 6.07) is 6.44. The molecule has 0 unspecified atom stereocenters. The van der Waals surface area contributed by atoms with Gasteiger partial charge in [0.15, 0.2) is 6.61 Å². The molecule has 0 saturated heterocycles. The molecule has 0 radical (unpaired) electrons. The second-order valence-corrected chi connectivity index (χ2v) is 4.82. The van der Waals surface area contributed by atoms with Crippen LogP contribution in [0.2, 0.25) is 0 Å². The highest BCUT2D eigenvalue weighted by molar-refractivity contribution is 5.98. The number of carbonyl (C=O) groups is 2. The van der Waals surface area contributed by atoms with Gasteiger partial charge in [-0.15, -0.1) is 0 Å². The van der Waals surface area contributed by atoms with E-state index < -0.39 is 34.9 Å². The maximum atomic E-state index is 13.2. The van der Waals surface area contributed by atoms with Crippen molar-refractivity contribution in [2.24, 2.45) is 0 Å². The van der Waals surface area contributed by atoms with Gasteiger partial charge in [0.1, 0.15) is 5.75 Å². The highest BCUT2D eigenvalue weighted by Crippen LogP contribution is 2.22. The van der Waals surface area contributed by atoms with Crippen LogP contribution in [-0.4, -0.2) is 28.5 Å². The highest BCUT2D eigenvalue weighted by Gasteiger charge is 2.17. The first-order valence-corrected chi connectivity index (χ1v) is 6.77. The lowest BCUT2D eigenvalue weighted by molar-refractivity contribution is -0.387. The number of esters is 1. The highest BCUT2D eigenvalue weighted by atomic mass is 19.1. The van der Waals surface area contributed by atoms with Crippen molar-refractivity contribution >= 4 is 28.9 Å². The number of anilines is 2. The topological polar surface area (TPSA) is 145 Å². The van der Waals surface area contributed by atoms with E-state index in [1.807, 2.05) is 0 Å². The molecule has 2 aromatic carbocycles. The van der Waals surface area contributed by atoms with Gasteiger partial charge in [-0.05, 0) is 30.3 Å². The molecule has 0 aromatic heterocycles. The summed E-state index contributed by atoms with van der Waals surface area (Å²) < 4.78 is 18.0. The second-order valence-electron chi connectivity index (χ2n) is 4.82. The zero-order chi connectivity index (χ0) is 18.6. The lowest BCUT2D eigenvalue weighted by Gasteiger charge is -2.08. The van der Waals surface area contributed by atoms with Gasteiger partial charge in [0.25, 0.3) is 5.91 Å². The van der Waals surface area contributed by atoms with Crippen molar-refractivity contribution in [1.29, 1.82) is 0 Å². The van der Waals surface area contributed by atoms with Crippen LogP contribution in [0.1, 0.15) is 10.4 Å². The molecule has 2 aromatic rings. The van der Waals surface area contributed by atoms with Gasteiger partial charge in [-0.1, -0.05) is 0 Å². The van der Waals surface area contributed by atoms with Crippen molar-refractivity contribution in [2.75, 3.05) is 17.7 Å². The number of rotatable bonds is 5. The van der Waals surface area contributed by atoms with E-state index in [0.717, 1.165) is 24.3 Å². The minimum absolute atomic E-state index is 0.0361. The lowest BCUT2D eigenvalue weighted by Crippen LogP contribution is -2.21. The van der Waals surface area contributed by atoms with Crippen molar-refractivity contribution < 1.29 is 28.7 Å². The molecule has 1 amide bonds. The monoisotopic (exact) mass is 349 g/mol. The summed E-state index contributed by atoms with van der Waals surface area (Å²) in [7, 11) is 0. The number of halogens is 1. The molecule has 0 aliphatic heterocycles. The van der Waals surface area contributed by atoms with E-state index in [1.165, 1.54) is 12.1 Å². The molecule has 0 bridgehead atoms. The summed E-state index contributed by atoms with van der Waals surface area (Å²) in [5, 5.41) is 22.2. The molecule has 0 aliphatic carbocycles. The van der Waals surface area contributed by atoms with Gasteiger partial charge in [-0.3, -0.25) is 14.9 Å². The molecule has 0 fully saturated rings. The molecule has 2 rings (SSSR count). The van der Waals surface area contributed by atoms with Crippen molar-refractivity contribution in [1.82, 2.24) is 0 Å². The van der Waals surface area contributed by atoms with Gasteiger partial charge in [-0.2, -0.15) is 4.39 Å². The summed E-state index contributed by atoms with van der Waals surface area (Å²) in [5.74, 6) is -2.99. The van der Waals surface area contributed by atoms with E-state index in [2.05, 4.69) is 5.32 Å². The minimum Gasteiger partial charge on any atom is -0.508 e. The number of nitrogen functional groups attached to an aromatic ring is 1. The Hall–Kier alpha value is -3.69. The van der Waals surface area contributed by atoms with Crippen molar-refractivity contribution in [3.63, 3.8) is 0 Å². The average molecular weight is 349 g/mol. The standard InChI is InChI=1S/C15H12FN3O6/c16-11-3-1-8(5-13(11)19(23)24)18-14(21)7-25-15(22)10-6-9(20)2-4-12(10)17/h1-6,20H,7,17H2,(H,18,21). The largest absolute Gasteiger partial charge is 0.508 e. The van der Waals surface area contributed by atoms with Gasteiger partial charge in [0.2, 0.25) is 5.82 Å². The molecular formula is C15H12FN3O6. The van der Waals surface area contributed by atoms with E-state index in [9.17, 15) is 29.2 Å².